The number of nitrogens with zero attached hydrogens (tertiary/aromatic N) is 4. The Morgan fingerprint density at radius 1 is 1.20 bits per heavy atom. The summed E-state index contributed by atoms with van der Waals surface area (Å²) in [7, 11) is 0. The number of nitrogens with one attached hydrogen (secondary N) is 1. The fourth-order valence-electron chi connectivity index (χ4n) is 3.24. The molecular formula is C18H19N5O2. The van der Waals surface area contributed by atoms with Crippen LogP contribution in [0.25, 0.3) is 16.9 Å². The summed E-state index contributed by atoms with van der Waals surface area (Å²) in [6.07, 6.45) is 7.57. The van der Waals surface area contributed by atoms with Crippen molar-refractivity contribution in [1.82, 2.24) is 14.4 Å². The first-order valence-electron chi connectivity index (χ1n) is 8.35. The van der Waals surface area contributed by atoms with Crippen molar-refractivity contribution in [2.24, 2.45) is 0 Å². The molecule has 0 bridgehead atoms. The zero-order valence-electron chi connectivity index (χ0n) is 13.7. The van der Waals surface area contributed by atoms with Crippen LogP contribution in [0.15, 0.2) is 42.9 Å². The monoisotopic (exact) mass is 337 g/mol. The molecule has 1 fully saturated rings. The van der Waals surface area contributed by atoms with Gasteiger partial charge in [-0.25, -0.2) is 4.98 Å². The van der Waals surface area contributed by atoms with Crippen molar-refractivity contribution < 1.29 is 9.90 Å². The average Bonchev–Trinajstić information content (AvgIpc) is 3.28. The minimum Gasteiger partial charge on any atom is -0.480 e. The lowest BCUT2D eigenvalue weighted by molar-refractivity contribution is -0.134. The molecule has 1 aromatic carbocycles. The van der Waals surface area contributed by atoms with Gasteiger partial charge in [0.15, 0.2) is 5.65 Å². The number of hydrogen-bond acceptors (Lipinski definition) is 5. The fraction of sp³-hybridized carbons (Fsp3) is 0.278. The number of anilines is 2. The van der Waals surface area contributed by atoms with Crippen molar-refractivity contribution in [3.63, 3.8) is 0 Å². The first-order valence-corrected chi connectivity index (χ1v) is 8.35. The normalized spacial score (nSPS) is 14.2. The van der Waals surface area contributed by atoms with Crippen LogP contribution in [0.3, 0.4) is 0 Å². The topological polar surface area (TPSA) is 82.8 Å². The zero-order valence-corrected chi connectivity index (χ0v) is 13.7. The van der Waals surface area contributed by atoms with Gasteiger partial charge in [-0.1, -0.05) is 12.1 Å². The number of aliphatic carboxylic acids is 1. The van der Waals surface area contributed by atoms with Gasteiger partial charge in [0.2, 0.25) is 0 Å². The fourth-order valence-corrected chi connectivity index (χ4v) is 3.24. The third-order valence-corrected chi connectivity index (χ3v) is 4.45. The van der Waals surface area contributed by atoms with Gasteiger partial charge in [-0.3, -0.25) is 14.2 Å². The summed E-state index contributed by atoms with van der Waals surface area (Å²) in [5, 5.41) is 12.0. The lowest BCUT2D eigenvalue weighted by atomic mass is 10.1. The average molecular weight is 337 g/mol. The quantitative estimate of drug-likeness (QED) is 0.744. The van der Waals surface area contributed by atoms with Crippen LogP contribution in [0.4, 0.5) is 11.5 Å². The van der Waals surface area contributed by atoms with E-state index in [-0.39, 0.29) is 6.54 Å². The van der Waals surface area contributed by atoms with Gasteiger partial charge in [0, 0.05) is 36.7 Å². The van der Waals surface area contributed by atoms with E-state index in [2.05, 4.69) is 32.3 Å². The maximum atomic E-state index is 11.0. The second-order valence-electron chi connectivity index (χ2n) is 6.10. The van der Waals surface area contributed by atoms with Gasteiger partial charge >= 0.3 is 5.97 Å². The van der Waals surface area contributed by atoms with Crippen molar-refractivity contribution >= 4 is 23.1 Å². The molecule has 7 nitrogen and oxygen atoms in total. The summed E-state index contributed by atoms with van der Waals surface area (Å²) in [6, 6.07) is 8.28. The number of carbonyl (C=O) groups is 1. The Hall–Kier alpha value is -3.09. The Morgan fingerprint density at radius 3 is 2.68 bits per heavy atom. The van der Waals surface area contributed by atoms with Crippen LogP contribution in [-0.2, 0) is 4.79 Å². The summed E-state index contributed by atoms with van der Waals surface area (Å²) in [5.41, 5.74) is 3.56. The van der Waals surface area contributed by atoms with Crippen LogP contribution < -0.4 is 10.2 Å². The summed E-state index contributed by atoms with van der Waals surface area (Å²) in [6.45, 7) is 2.03. The summed E-state index contributed by atoms with van der Waals surface area (Å²) >= 11 is 0. The SMILES string of the molecule is O=C(O)CNc1c(-c2ccc(N3CCCC3)cc2)nc2cnccn12. The van der Waals surface area contributed by atoms with Crippen molar-refractivity contribution in [3.8, 4) is 11.3 Å². The molecule has 1 aliphatic heterocycles. The molecule has 0 unspecified atom stereocenters. The molecule has 0 aliphatic carbocycles. The molecule has 3 aromatic rings. The number of carboxylic acid groups (broad SMARTS) is 1. The maximum absolute atomic E-state index is 11.0. The third kappa shape index (κ3) is 3.00. The highest BCUT2D eigenvalue weighted by atomic mass is 16.4. The second kappa shape index (κ2) is 6.43. The van der Waals surface area contributed by atoms with E-state index in [1.165, 1.54) is 18.5 Å². The highest BCUT2D eigenvalue weighted by molar-refractivity contribution is 5.80. The van der Waals surface area contributed by atoms with Crippen LogP contribution in [0.5, 0.6) is 0 Å². The minimum absolute atomic E-state index is 0.172. The van der Waals surface area contributed by atoms with Gasteiger partial charge < -0.3 is 15.3 Å². The minimum atomic E-state index is -0.917. The van der Waals surface area contributed by atoms with Crippen molar-refractivity contribution in [2.75, 3.05) is 29.9 Å². The first-order chi connectivity index (χ1) is 12.2. The van der Waals surface area contributed by atoms with Crippen LogP contribution in [0.2, 0.25) is 0 Å². The second-order valence-corrected chi connectivity index (χ2v) is 6.10. The van der Waals surface area contributed by atoms with Gasteiger partial charge in [-0.05, 0) is 25.0 Å². The number of fused-ring (bicyclic) bond motifs is 1. The molecule has 25 heavy (non-hydrogen) atoms. The maximum Gasteiger partial charge on any atom is 0.322 e. The van der Waals surface area contributed by atoms with E-state index in [1.807, 2.05) is 16.5 Å². The molecule has 2 aromatic heterocycles. The molecule has 128 valence electrons. The Balaban J connectivity index is 1.72. The largest absolute Gasteiger partial charge is 0.480 e. The van der Waals surface area contributed by atoms with Crippen molar-refractivity contribution in [1.29, 1.82) is 0 Å². The number of imidazole rings is 1. The number of rotatable bonds is 5. The van der Waals surface area contributed by atoms with E-state index in [0.717, 1.165) is 24.3 Å². The molecule has 0 amide bonds. The Labute approximate surface area is 144 Å². The van der Waals surface area contributed by atoms with E-state index in [4.69, 9.17) is 5.11 Å². The summed E-state index contributed by atoms with van der Waals surface area (Å²) in [5.74, 6) is -0.256. The Morgan fingerprint density at radius 2 is 1.96 bits per heavy atom. The highest BCUT2D eigenvalue weighted by Crippen LogP contribution is 2.30. The molecule has 1 aliphatic rings. The van der Waals surface area contributed by atoms with Crippen LogP contribution in [-0.4, -0.2) is 45.1 Å². The number of hydrogen-bond donors (Lipinski definition) is 2. The molecule has 0 spiro atoms. The van der Waals surface area contributed by atoms with Gasteiger partial charge in [0.05, 0.1) is 6.20 Å². The molecule has 2 N–H and O–H groups in total. The van der Waals surface area contributed by atoms with Crippen molar-refractivity contribution in [3.05, 3.63) is 42.9 Å². The van der Waals surface area contributed by atoms with Crippen LogP contribution in [0, 0.1) is 0 Å². The smallest absolute Gasteiger partial charge is 0.322 e. The van der Waals surface area contributed by atoms with Crippen LogP contribution in [0.1, 0.15) is 12.8 Å². The number of benzene rings is 1. The predicted molar refractivity (Wildman–Crippen MR) is 96.0 cm³/mol. The number of carboxylic acids is 1. The molecule has 0 radical (unpaired) electrons. The first kappa shape index (κ1) is 15.4. The molecule has 7 heteroatoms. The Kier molecular flexibility index (Phi) is 3.97. The summed E-state index contributed by atoms with van der Waals surface area (Å²) < 4.78 is 1.82. The third-order valence-electron chi connectivity index (χ3n) is 4.45. The molecular weight excluding hydrogens is 318 g/mol. The van der Waals surface area contributed by atoms with Gasteiger partial charge in [0.25, 0.3) is 0 Å². The van der Waals surface area contributed by atoms with Gasteiger partial charge in [-0.15, -0.1) is 0 Å². The van der Waals surface area contributed by atoms with Crippen LogP contribution >= 0.6 is 0 Å². The van der Waals surface area contributed by atoms with Gasteiger partial charge in [-0.2, -0.15) is 0 Å². The van der Waals surface area contributed by atoms with E-state index in [1.54, 1.807) is 18.6 Å². The van der Waals surface area contributed by atoms with E-state index < -0.39 is 5.97 Å². The Bertz CT molecular complexity index is 897. The lowest BCUT2D eigenvalue weighted by Gasteiger charge is -2.17. The predicted octanol–water partition coefficient (Wildman–Crippen LogP) is 2.49. The standard InChI is InChI=1S/C18H19N5O2/c24-16(25)12-20-18-17(21-15-11-19-7-10-23(15)18)13-3-5-14(6-4-13)22-8-1-2-9-22/h3-7,10-11,20H,1-2,8-9,12H2,(H,24,25). The van der Waals surface area contributed by atoms with Crippen molar-refractivity contribution in [2.45, 2.75) is 12.8 Å². The van der Waals surface area contributed by atoms with E-state index in [0.29, 0.717) is 11.5 Å². The molecule has 1 saturated heterocycles. The zero-order chi connectivity index (χ0) is 17.2. The van der Waals surface area contributed by atoms with E-state index in [9.17, 15) is 4.79 Å². The summed E-state index contributed by atoms with van der Waals surface area (Å²) in [4.78, 5) is 22.0. The highest BCUT2D eigenvalue weighted by Gasteiger charge is 2.16. The molecule has 0 saturated carbocycles. The lowest BCUT2D eigenvalue weighted by Crippen LogP contribution is -2.17. The molecule has 3 heterocycles. The number of aromatic nitrogens is 3. The molecule has 0 atom stereocenters. The molecule has 4 rings (SSSR count). The van der Waals surface area contributed by atoms with E-state index >= 15 is 0 Å². The van der Waals surface area contributed by atoms with Gasteiger partial charge in [0.1, 0.15) is 18.1 Å².